The van der Waals surface area contributed by atoms with Crippen LogP contribution in [0.5, 0.6) is 0 Å². The van der Waals surface area contributed by atoms with Crippen molar-refractivity contribution in [3.63, 3.8) is 0 Å². The fourth-order valence-electron chi connectivity index (χ4n) is 1.50. The first kappa shape index (κ1) is 9.23. The van der Waals surface area contributed by atoms with Crippen molar-refractivity contribution in [1.29, 1.82) is 0 Å². The van der Waals surface area contributed by atoms with Crippen LogP contribution in [-0.4, -0.2) is 9.71 Å². The molecule has 0 amide bonds. The Kier molecular flexibility index (Phi) is 3.55. The maximum atomic E-state index is 11.1. The van der Waals surface area contributed by atoms with E-state index >= 15 is 0 Å². The van der Waals surface area contributed by atoms with Crippen LogP contribution in [-0.2, 0) is 4.79 Å². The number of allylic oxidation sites excluding steroid dienone is 1. The Bertz CT molecular complexity index is 165. The van der Waals surface area contributed by atoms with E-state index in [9.17, 15) is 4.79 Å². The third-order valence-corrected chi connectivity index (χ3v) is 3.94. The summed E-state index contributed by atoms with van der Waals surface area (Å²) in [5.41, 5.74) is 0. The van der Waals surface area contributed by atoms with Gasteiger partial charge in [0.1, 0.15) is 5.78 Å². The van der Waals surface area contributed by atoms with Crippen molar-refractivity contribution in [2.24, 2.45) is 5.92 Å². The molecule has 0 heterocycles. The molecule has 1 saturated carbocycles. The van der Waals surface area contributed by atoms with Gasteiger partial charge in [-0.25, -0.2) is 0 Å². The smallest absolute Gasteiger partial charge is 0.145 e. The van der Waals surface area contributed by atoms with Gasteiger partial charge in [0.05, 0.1) is 3.92 Å². The van der Waals surface area contributed by atoms with Crippen molar-refractivity contribution >= 4 is 28.4 Å². The van der Waals surface area contributed by atoms with Gasteiger partial charge in [0.25, 0.3) is 0 Å². The van der Waals surface area contributed by atoms with E-state index in [0.717, 1.165) is 25.7 Å². The molecule has 11 heavy (non-hydrogen) atoms. The molecule has 1 rings (SSSR count). The minimum Gasteiger partial charge on any atom is -0.299 e. The third kappa shape index (κ3) is 2.29. The van der Waals surface area contributed by atoms with E-state index in [-0.39, 0.29) is 3.92 Å². The van der Waals surface area contributed by atoms with Crippen LogP contribution in [0.4, 0.5) is 0 Å². The fourth-order valence-corrected chi connectivity index (χ4v) is 2.53. The Labute approximate surface area is 81.4 Å². The highest BCUT2D eigenvalue weighted by molar-refractivity contribution is 14.1. The summed E-state index contributed by atoms with van der Waals surface area (Å²) in [6, 6.07) is 0. The molecule has 2 heteroatoms. The van der Waals surface area contributed by atoms with Crippen molar-refractivity contribution in [1.82, 2.24) is 0 Å². The zero-order valence-electron chi connectivity index (χ0n) is 6.55. The molecule has 1 nitrogen and oxygen atoms in total. The average Bonchev–Trinajstić information content (AvgIpc) is 2.31. The lowest BCUT2D eigenvalue weighted by molar-refractivity contribution is -0.116. The van der Waals surface area contributed by atoms with Gasteiger partial charge in [-0.1, -0.05) is 28.7 Å². The molecular formula is C9H13IO. The van der Waals surface area contributed by atoms with Crippen LogP contribution >= 0.6 is 22.6 Å². The minimum atomic E-state index is 0.285. The van der Waals surface area contributed by atoms with E-state index < -0.39 is 0 Å². The number of hydrogen-bond donors (Lipinski definition) is 0. The average molecular weight is 264 g/mol. The summed E-state index contributed by atoms with van der Waals surface area (Å²) in [6.45, 7) is 3.68. The number of carbonyl (C=O) groups excluding carboxylic acids is 1. The topological polar surface area (TPSA) is 17.1 Å². The molecule has 1 aliphatic carbocycles. The van der Waals surface area contributed by atoms with Crippen molar-refractivity contribution in [3.05, 3.63) is 12.7 Å². The molecule has 0 aromatic heterocycles. The second kappa shape index (κ2) is 4.24. The number of halogens is 1. The van der Waals surface area contributed by atoms with Crippen LogP contribution in [0, 0.1) is 5.92 Å². The summed E-state index contributed by atoms with van der Waals surface area (Å²) in [6.07, 6.45) is 6.03. The summed E-state index contributed by atoms with van der Waals surface area (Å²) in [5, 5.41) is 0. The second-order valence-electron chi connectivity index (χ2n) is 3.03. The zero-order chi connectivity index (χ0) is 8.27. The van der Waals surface area contributed by atoms with Gasteiger partial charge in [0.15, 0.2) is 0 Å². The molecule has 2 atom stereocenters. The summed E-state index contributed by atoms with van der Waals surface area (Å²) in [4.78, 5) is 11.1. The third-order valence-electron chi connectivity index (χ3n) is 2.22. The van der Waals surface area contributed by atoms with Crippen LogP contribution < -0.4 is 0 Å². The molecule has 62 valence electrons. The first-order chi connectivity index (χ1) is 5.25. The van der Waals surface area contributed by atoms with Gasteiger partial charge >= 0.3 is 0 Å². The second-order valence-corrected chi connectivity index (χ2v) is 4.37. The normalized spacial score (nSPS) is 30.8. The zero-order valence-corrected chi connectivity index (χ0v) is 8.71. The highest BCUT2D eigenvalue weighted by atomic mass is 127. The highest BCUT2D eigenvalue weighted by Crippen LogP contribution is 2.32. The van der Waals surface area contributed by atoms with E-state index in [4.69, 9.17) is 0 Å². The summed E-state index contributed by atoms with van der Waals surface area (Å²) >= 11 is 2.28. The molecular weight excluding hydrogens is 251 g/mol. The van der Waals surface area contributed by atoms with Crippen molar-refractivity contribution < 1.29 is 4.79 Å². The molecule has 0 N–H and O–H groups in total. The van der Waals surface area contributed by atoms with Gasteiger partial charge in [-0.15, -0.1) is 6.58 Å². The molecule has 0 aliphatic heterocycles. The molecule has 0 spiro atoms. The molecule has 1 aliphatic rings. The number of Topliss-reactive ketones (excluding diaryl/α,β-unsaturated/α-hetero) is 1. The lowest BCUT2D eigenvalue weighted by atomic mass is 10.0. The van der Waals surface area contributed by atoms with Gasteiger partial charge in [-0.2, -0.15) is 0 Å². The van der Waals surface area contributed by atoms with Crippen molar-refractivity contribution in [2.75, 3.05) is 0 Å². The predicted molar refractivity (Wildman–Crippen MR) is 55.0 cm³/mol. The molecule has 0 radical (unpaired) electrons. The fraction of sp³-hybridized carbons (Fsp3) is 0.667. The van der Waals surface area contributed by atoms with Crippen LogP contribution in [0.25, 0.3) is 0 Å². The van der Waals surface area contributed by atoms with Crippen LogP contribution in [0.2, 0.25) is 0 Å². The SMILES string of the molecule is C=CCC[C@H]1CCC(=O)[C@H]1I. The number of alkyl halides is 1. The molecule has 0 aromatic rings. The molecule has 0 aromatic carbocycles. The lowest BCUT2D eigenvalue weighted by Gasteiger charge is -2.09. The molecule has 1 fully saturated rings. The first-order valence-electron chi connectivity index (χ1n) is 4.03. The van der Waals surface area contributed by atoms with E-state index in [0.29, 0.717) is 11.7 Å². The van der Waals surface area contributed by atoms with E-state index in [1.54, 1.807) is 0 Å². The Hall–Kier alpha value is 0.140. The molecule has 0 saturated heterocycles. The number of ketones is 1. The van der Waals surface area contributed by atoms with Crippen LogP contribution in [0.3, 0.4) is 0 Å². The van der Waals surface area contributed by atoms with Gasteiger partial charge < -0.3 is 0 Å². The van der Waals surface area contributed by atoms with Gasteiger partial charge in [-0.05, 0) is 25.2 Å². The maximum absolute atomic E-state index is 11.1. The highest BCUT2D eigenvalue weighted by Gasteiger charge is 2.31. The van der Waals surface area contributed by atoms with Crippen molar-refractivity contribution in [3.8, 4) is 0 Å². The number of carbonyl (C=O) groups is 1. The van der Waals surface area contributed by atoms with Gasteiger partial charge in [-0.3, -0.25) is 4.79 Å². The van der Waals surface area contributed by atoms with Gasteiger partial charge in [0.2, 0.25) is 0 Å². The predicted octanol–water partition coefficient (Wildman–Crippen LogP) is 2.74. The first-order valence-corrected chi connectivity index (χ1v) is 5.28. The maximum Gasteiger partial charge on any atom is 0.145 e. The van der Waals surface area contributed by atoms with Crippen LogP contribution in [0.15, 0.2) is 12.7 Å². The minimum absolute atomic E-state index is 0.285. The standard InChI is InChI=1S/C9H13IO/c1-2-3-4-7-5-6-8(11)9(7)10/h2,7,9H,1,3-6H2/t7-,9-/m0/s1. The monoisotopic (exact) mass is 264 g/mol. The molecule has 0 bridgehead atoms. The largest absolute Gasteiger partial charge is 0.299 e. The van der Waals surface area contributed by atoms with E-state index in [2.05, 4.69) is 29.2 Å². The number of hydrogen-bond acceptors (Lipinski definition) is 1. The van der Waals surface area contributed by atoms with E-state index in [1.807, 2.05) is 6.08 Å². The van der Waals surface area contributed by atoms with E-state index in [1.165, 1.54) is 0 Å². The van der Waals surface area contributed by atoms with Gasteiger partial charge in [0, 0.05) is 6.42 Å². The Balaban J connectivity index is 2.35. The quantitative estimate of drug-likeness (QED) is 0.435. The Morgan fingerprint density at radius 1 is 1.73 bits per heavy atom. The Morgan fingerprint density at radius 2 is 2.45 bits per heavy atom. The lowest BCUT2D eigenvalue weighted by Crippen LogP contribution is -2.12. The van der Waals surface area contributed by atoms with Crippen molar-refractivity contribution in [2.45, 2.75) is 29.6 Å². The summed E-state index contributed by atoms with van der Waals surface area (Å²) in [5.74, 6) is 1.07. The summed E-state index contributed by atoms with van der Waals surface area (Å²) < 4.78 is 0.285. The molecule has 0 unspecified atom stereocenters. The number of rotatable bonds is 3. The van der Waals surface area contributed by atoms with Crippen LogP contribution in [0.1, 0.15) is 25.7 Å². The summed E-state index contributed by atoms with van der Waals surface area (Å²) in [7, 11) is 0. The Morgan fingerprint density at radius 3 is 2.91 bits per heavy atom.